The predicted octanol–water partition coefficient (Wildman–Crippen LogP) is 5.19. The maximum atomic E-state index is 6.08. The summed E-state index contributed by atoms with van der Waals surface area (Å²) in [6.45, 7) is 2.64. The van der Waals surface area contributed by atoms with Crippen molar-refractivity contribution in [2.75, 3.05) is 41.0 Å². The van der Waals surface area contributed by atoms with Gasteiger partial charge in [0.1, 0.15) is 5.75 Å². The van der Waals surface area contributed by atoms with Gasteiger partial charge in [-0.25, -0.2) is 0 Å². The number of para-hydroxylation sites is 1. The molecule has 5 nitrogen and oxygen atoms in total. The predicted molar refractivity (Wildman–Crippen MR) is 126 cm³/mol. The fourth-order valence-electron chi connectivity index (χ4n) is 3.17. The van der Waals surface area contributed by atoms with Crippen molar-refractivity contribution in [1.82, 2.24) is 9.88 Å². The van der Waals surface area contributed by atoms with Gasteiger partial charge in [-0.2, -0.15) is 0 Å². The van der Waals surface area contributed by atoms with Crippen LogP contribution in [0.5, 0.6) is 17.2 Å². The lowest BCUT2D eigenvalue weighted by atomic mass is 10.1. The monoisotopic (exact) mass is 438 g/mol. The highest BCUT2D eigenvalue weighted by Gasteiger charge is 2.07. The Labute approximate surface area is 189 Å². The molecular formula is C25H30N2O3S. The minimum Gasteiger partial charge on any atom is -0.493 e. The van der Waals surface area contributed by atoms with Crippen LogP contribution in [0.15, 0.2) is 76.8 Å². The molecule has 0 spiro atoms. The summed E-state index contributed by atoms with van der Waals surface area (Å²) in [7, 11) is 5.47. The number of hydrogen-bond donors (Lipinski definition) is 0. The van der Waals surface area contributed by atoms with E-state index in [1.807, 2.05) is 54.9 Å². The fraction of sp³-hybridized carbons (Fsp3) is 0.320. The highest BCUT2D eigenvalue weighted by atomic mass is 32.2. The van der Waals surface area contributed by atoms with Gasteiger partial charge in [-0.1, -0.05) is 30.0 Å². The van der Waals surface area contributed by atoms with Gasteiger partial charge in [-0.15, -0.1) is 0 Å². The highest BCUT2D eigenvalue weighted by molar-refractivity contribution is 7.99. The lowest BCUT2D eigenvalue weighted by Crippen LogP contribution is -2.23. The van der Waals surface area contributed by atoms with E-state index in [0.29, 0.717) is 6.61 Å². The minimum absolute atomic E-state index is 0.689. The Bertz CT molecular complexity index is 937. The van der Waals surface area contributed by atoms with Crippen molar-refractivity contribution in [3.8, 4) is 17.2 Å². The third-order valence-electron chi connectivity index (χ3n) is 4.90. The van der Waals surface area contributed by atoms with E-state index >= 15 is 0 Å². The first-order chi connectivity index (χ1) is 15.2. The van der Waals surface area contributed by atoms with Crippen molar-refractivity contribution in [3.63, 3.8) is 0 Å². The maximum absolute atomic E-state index is 6.08. The molecule has 3 rings (SSSR count). The maximum Gasteiger partial charge on any atom is 0.160 e. The standard InChI is InChI=1S/C25H30N2O3S/c1-27(17-13-20-9-10-22(28-2)24(19-20)29-3)16-6-18-30-23-7-4-5-8-25(23)31-21-11-14-26-15-12-21/h4-5,7-12,14-15,19H,6,13,16-18H2,1-3H3. The lowest BCUT2D eigenvalue weighted by Gasteiger charge is -2.18. The summed E-state index contributed by atoms with van der Waals surface area (Å²) in [5.41, 5.74) is 1.24. The zero-order valence-electron chi connectivity index (χ0n) is 18.4. The second-order valence-electron chi connectivity index (χ2n) is 7.18. The number of rotatable bonds is 12. The quantitative estimate of drug-likeness (QED) is 0.363. The molecule has 31 heavy (non-hydrogen) atoms. The van der Waals surface area contributed by atoms with Gasteiger partial charge in [-0.3, -0.25) is 4.98 Å². The molecule has 0 N–H and O–H groups in total. The molecular weight excluding hydrogens is 408 g/mol. The van der Waals surface area contributed by atoms with Gasteiger partial charge in [0.05, 0.1) is 25.7 Å². The Morgan fingerprint density at radius 3 is 2.42 bits per heavy atom. The molecule has 0 fully saturated rings. The van der Waals surface area contributed by atoms with Gasteiger partial charge in [0.15, 0.2) is 11.5 Å². The van der Waals surface area contributed by atoms with Crippen LogP contribution in [0.1, 0.15) is 12.0 Å². The Morgan fingerprint density at radius 1 is 0.871 bits per heavy atom. The summed E-state index contributed by atoms with van der Waals surface area (Å²) < 4.78 is 16.8. The summed E-state index contributed by atoms with van der Waals surface area (Å²) in [6.07, 6.45) is 5.55. The van der Waals surface area contributed by atoms with E-state index in [1.165, 1.54) is 5.56 Å². The van der Waals surface area contributed by atoms with E-state index in [-0.39, 0.29) is 0 Å². The molecule has 3 aromatic rings. The van der Waals surface area contributed by atoms with Crippen LogP contribution in [0.25, 0.3) is 0 Å². The van der Waals surface area contributed by atoms with Crippen LogP contribution in [-0.4, -0.2) is 50.8 Å². The molecule has 0 aliphatic rings. The van der Waals surface area contributed by atoms with Crippen LogP contribution in [0, 0.1) is 0 Å². The second-order valence-corrected chi connectivity index (χ2v) is 8.29. The van der Waals surface area contributed by atoms with E-state index in [2.05, 4.69) is 29.1 Å². The Balaban J connectivity index is 1.42. The average Bonchev–Trinajstić information content (AvgIpc) is 2.82. The Hall–Kier alpha value is -2.70. The van der Waals surface area contributed by atoms with Crippen LogP contribution in [-0.2, 0) is 6.42 Å². The van der Waals surface area contributed by atoms with Gasteiger partial charge >= 0.3 is 0 Å². The Kier molecular flexibility index (Phi) is 9.06. The number of nitrogens with zero attached hydrogens (tertiary/aromatic N) is 2. The minimum atomic E-state index is 0.689. The molecule has 6 heteroatoms. The number of ether oxygens (including phenoxy) is 3. The molecule has 0 saturated carbocycles. The number of methoxy groups -OCH3 is 2. The third-order valence-corrected chi connectivity index (χ3v) is 5.96. The van der Waals surface area contributed by atoms with Gasteiger partial charge in [0, 0.05) is 30.4 Å². The summed E-state index contributed by atoms with van der Waals surface area (Å²) in [5, 5.41) is 0. The van der Waals surface area contributed by atoms with Gasteiger partial charge < -0.3 is 19.1 Å². The lowest BCUT2D eigenvalue weighted by molar-refractivity contribution is 0.260. The molecule has 0 atom stereocenters. The summed E-state index contributed by atoms with van der Waals surface area (Å²) >= 11 is 1.70. The van der Waals surface area contributed by atoms with Crippen molar-refractivity contribution < 1.29 is 14.2 Å². The smallest absolute Gasteiger partial charge is 0.160 e. The zero-order valence-corrected chi connectivity index (χ0v) is 19.2. The van der Waals surface area contributed by atoms with Crippen LogP contribution >= 0.6 is 11.8 Å². The zero-order chi connectivity index (χ0) is 21.9. The van der Waals surface area contributed by atoms with E-state index in [4.69, 9.17) is 14.2 Å². The van der Waals surface area contributed by atoms with Crippen molar-refractivity contribution >= 4 is 11.8 Å². The Morgan fingerprint density at radius 2 is 1.65 bits per heavy atom. The number of aromatic nitrogens is 1. The number of benzene rings is 2. The first kappa shape index (κ1) is 23.0. The first-order valence-electron chi connectivity index (χ1n) is 10.4. The molecule has 0 saturated heterocycles. The molecule has 164 valence electrons. The van der Waals surface area contributed by atoms with Crippen molar-refractivity contribution in [2.45, 2.75) is 22.6 Å². The topological polar surface area (TPSA) is 43.8 Å². The molecule has 2 aromatic carbocycles. The summed E-state index contributed by atoms with van der Waals surface area (Å²) in [5.74, 6) is 2.47. The molecule has 0 bridgehead atoms. The van der Waals surface area contributed by atoms with Gasteiger partial charge in [0.25, 0.3) is 0 Å². The van der Waals surface area contributed by atoms with Crippen molar-refractivity contribution in [1.29, 1.82) is 0 Å². The van der Waals surface area contributed by atoms with Crippen LogP contribution in [0.4, 0.5) is 0 Å². The van der Waals surface area contributed by atoms with Crippen LogP contribution in [0.3, 0.4) is 0 Å². The normalized spacial score (nSPS) is 10.8. The first-order valence-corrected chi connectivity index (χ1v) is 11.2. The largest absolute Gasteiger partial charge is 0.493 e. The van der Waals surface area contributed by atoms with E-state index in [1.54, 1.807) is 26.0 Å². The fourth-order valence-corrected chi connectivity index (χ4v) is 4.06. The molecule has 1 heterocycles. The van der Waals surface area contributed by atoms with Crippen molar-refractivity contribution in [2.24, 2.45) is 0 Å². The number of pyridine rings is 1. The molecule has 0 aliphatic heterocycles. The molecule has 0 aliphatic carbocycles. The summed E-state index contributed by atoms with van der Waals surface area (Å²) in [4.78, 5) is 8.68. The molecule has 0 radical (unpaired) electrons. The van der Waals surface area contributed by atoms with E-state index < -0.39 is 0 Å². The SMILES string of the molecule is COc1ccc(CCN(C)CCCOc2ccccc2Sc2ccncc2)cc1OC. The number of hydrogen-bond acceptors (Lipinski definition) is 6. The second kappa shape index (κ2) is 12.2. The number of likely N-dealkylation sites (N-methyl/N-ethyl adjacent to an activating group) is 1. The van der Waals surface area contributed by atoms with Crippen LogP contribution < -0.4 is 14.2 Å². The van der Waals surface area contributed by atoms with Crippen molar-refractivity contribution in [3.05, 3.63) is 72.6 Å². The van der Waals surface area contributed by atoms with E-state index in [9.17, 15) is 0 Å². The van der Waals surface area contributed by atoms with Crippen LogP contribution in [0.2, 0.25) is 0 Å². The summed E-state index contributed by atoms with van der Waals surface area (Å²) in [6, 6.07) is 18.3. The third kappa shape index (κ3) is 7.19. The molecule has 1 aromatic heterocycles. The molecule has 0 amide bonds. The average molecular weight is 439 g/mol. The molecule has 0 unspecified atom stereocenters. The van der Waals surface area contributed by atoms with E-state index in [0.717, 1.165) is 53.0 Å². The van der Waals surface area contributed by atoms with Gasteiger partial charge in [-0.05, 0) is 61.9 Å². The van der Waals surface area contributed by atoms with Gasteiger partial charge in [0.2, 0.25) is 0 Å². The highest BCUT2D eigenvalue weighted by Crippen LogP contribution is 2.34.